The SMILES string of the molecule is N#Cc1cc(COC(=O)Cn2cc(N)ccc2=O)ccn1. The molecule has 0 atom stereocenters. The van der Waals surface area contributed by atoms with Gasteiger partial charge in [0.2, 0.25) is 0 Å². The fraction of sp³-hybridized carbons (Fsp3) is 0.143. The van der Waals surface area contributed by atoms with Crippen molar-refractivity contribution in [3.8, 4) is 6.07 Å². The van der Waals surface area contributed by atoms with E-state index in [1.54, 1.807) is 6.07 Å². The highest BCUT2D eigenvalue weighted by Gasteiger charge is 2.07. The van der Waals surface area contributed by atoms with Crippen molar-refractivity contribution in [1.82, 2.24) is 9.55 Å². The number of carbonyl (C=O) groups excluding carboxylic acids is 1. The van der Waals surface area contributed by atoms with Crippen molar-refractivity contribution >= 4 is 11.7 Å². The van der Waals surface area contributed by atoms with E-state index in [-0.39, 0.29) is 24.4 Å². The number of ether oxygens (including phenoxy) is 1. The van der Waals surface area contributed by atoms with Crippen molar-refractivity contribution < 1.29 is 9.53 Å². The predicted octanol–water partition coefficient (Wildman–Crippen LogP) is 0.441. The maximum absolute atomic E-state index is 11.7. The van der Waals surface area contributed by atoms with E-state index in [1.807, 2.05) is 6.07 Å². The molecule has 0 radical (unpaired) electrons. The van der Waals surface area contributed by atoms with Gasteiger partial charge in [0.05, 0.1) is 0 Å². The van der Waals surface area contributed by atoms with Crippen LogP contribution in [0, 0.1) is 11.3 Å². The highest BCUT2D eigenvalue weighted by atomic mass is 16.5. The molecule has 7 heteroatoms. The van der Waals surface area contributed by atoms with Gasteiger partial charge in [0, 0.05) is 24.1 Å². The Bertz CT molecular complexity index is 761. The summed E-state index contributed by atoms with van der Waals surface area (Å²) in [7, 11) is 0. The molecular formula is C14H12N4O3. The van der Waals surface area contributed by atoms with Gasteiger partial charge in [-0.3, -0.25) is 9.59 Å². The van der Waals surface area contributed by atoms with Gasteiger partial charge in [0.15, 0.2) is 0 Å². The number of hydrogen-bond acceptors (Lipinski definition) is 6. The van der Waals surface area contributed by atoms with Crippen LogP contribution >= 0.6 is 0 Å². The topological polar surface area (TPSA) is 111 Å². The molecule has 0 bridgehead atoms. The zero-order valence-corrected chi connectivity index (χ0v) is 11.0. The van der Waals surface area contributed by atoms with Crippen molar-refractivity contribution in [2.24, 2.45) is 0 Å². The monoisotopic (exact) mass is 284 g/mol. The number of aromatic nitrogens is 2. The van der Waals surface area contributed by atoms with Crippen LogP contribution in [0.1, 0.15) is 11.3 Å². The molecule has 2 heterocycles. The second kappa shape index (κ2) is 6.34. The fourth-order valence-corrected chi connectivity index (χ4v) is 1.65. The molecular weight excluding hydrogens is 272 g/mol. The minimum absolute atomic E-state index is 0.00704. The molecule has 2 N–H and O–H groups in total. The van der Waals surface area contributed by atoms with Crippen LogP contribution in [0.4, 0.5) is 5.69 Å². The fourth-order valence-electron chi connectivity index (χ4n) is 1.65. The summed E-state index contributed by atoms with van der Waals surface area (Å²) < 4.78 is 6.22. The van der Waals surface area contributed by atoms with Gasteiger partial charge in [-0.1, -0.05) is 0 Å². The number of anilines is 1. The Balaban J connectivity index is 1.97. The van der Waals surface area contributed by atoms with Gasteiger partial charge in [-0.05, 0) is 23.8 Å². The minimum atomic E-state index is -0.571. The first kappa shape index (κ1) is 14.3. The predicted molar refractivity (Wildman–Crippen MR) is 73.9 cm³/mol. The molecule has 106 valence electrons. The molecule has 0 saturated heterocycles. The number of nitrogens with zero attached hydrogens (tertiary/aromatic N) is 3. The molecule has 0 unspecified atom stereocenters. The first-order chi connectivity index (χ1) is 10.1. The molecule has 0 fully saturated rings. The second-order valence-electron chi connectivity index (χ2n) is 4.25. The number of hydrogen-bond donors (Lipinski definition) is 1. The van der Waals surface area contributed by atoms with E-state index in [0.29, 0.717) is 11.3 Å². The van der Waals surface area contributed by atoms with Gasteiger partial charge in [-0.2, -0.15) is 5.26 Å². The van der Waals surface area contributed by atoms with E-state index >= 15 is 0 Å². The van der Waals surface area contributed by atoms with E-state index in [9.17, 15) is 9.59 Å². The average Bonchev–Trinajstić information content (AvgIpc) is 2.49. The molecule has 7 nitrogen and oxygen atoms in total. The molecule has 2 rings (SSSR count). The molecule has 2 aromatic heterocycles. The first-order valence-electron chi connectivity index (χ1n) is 6.05. The van der Waals surface area contributed by atoms with Gasteiger partial charge in [0.1, 0.15) is 24.9 Å². The Morgan fingerprint density at radius 1 is 1.43 bits per heavy atom. The first-order valence-corrected chi connectivity index (χ1v) is 6.05. The van der Waals surface area contributed by atoms with Crippen LogP contribution in [-0.2, 0) is 22.7 Å². The maximum atomic E-state index is 11.7. The molecule has 0 aliphatic heterocycles. The zero-order valence-electron chi connectivity index (χ0n) is 11.0. The van der Waals surface area contributed by atoms with Crippen LogP contribution in [0.5, 0.6) is 0 Å². The summed E-state index contributed by atoms with van der Waals surface area (Å²) in [5, 5.41) is 8.72. The van der Waals surface area contributed by atoms with Crippen molar-refractivity contribution in [2.45, 2.75) is 13.2 Å². The normalized spacial score (nSPS) is 9.86. The lowest BCUT2D eigenvalue weighted by atomic mass is 10.2. The minimum Gasteiger partial charge on any atom is -0.459 e. The lowest BCUT2D eigenvalue weighted by Gasteiger charge is -2.07. The molecule has 0 aromatic carbocycles. The standard InChI is InChI=1S/C14H12N4O3/c15-6-12-5-10(3-4-17-12)9-21-14(20)8-18-7-11(16)1-2-13(18)19/h1-5,7H,8-9,16H2. The van der Waals surface area contributed by atoms with Gasteiger partial charge >= 0.3 is 5.97 Å². The van der Waals surface area contributed by atoms with E-state index in [2.05, 4.69) is 4.98 Å². The van der Waals surface area contributed by atoms with Crippen molar-refractivity contribution in [3.05, 3.63) is 58.3 Å². The molecule has 0 saturated carbocycles. The quantitative estimate of drug-likeness (QED) is 0.815. The summed E-state index contributed by atoms with van der Waals surface area (Å²) in [5.74, 6) is -0.571. The second-order valence-corrected chi connectivity index (χ2v) is 4.25. The molecule has 21 heavy (non-hydrogen) atoms. The number of pyridine rings is 2. The van der Waals surface area contributed by atoms with Gasteiger partial charge in [0.25, 0.3) is 5.56 Å². The summed E-state index contributed by atoms with van der Waals surface area (Å²) >= 11 is 0. The van der Waals surface area contributed by atoms with Crippen molar-refractivity contribution in [2.75, 3.05) is 5.73 Å². The van der Waals surface area contributed by atoms with Crippen LogP contribution in [0.3, 0.4) is 0 Å². The van der Waals surface area contributed by atoms with E-state index in [1.165, 1.54) is 35.2 Å². The van der Waals surface area contributed by atoms with E-state index < -0.39 is 5.97 Å². The maximum Gasteiger partial charge on any atom is 0.326 e. The molecule has 2 aromatic rings. The van der Waals surface area contributed by atoms with Crippen LogP contribution < -0.4 is 11.3 Å². The Hall–Kier alpha value is -3.14. The third-order valence-corrected chi connectivity index (χ3v) is 2.64. The molecule has 0 amide bonds. The number of carbonyl (C=O) groups is 1. The molecule has 0 aliphatic rings. The molecule has 0 spiro atoms. The summed E-state index contributed by atoms with van der Waals surface area (Å²) in [6, 6.07) is 7.81. The van der Waals surface area contributed by atoms with Crippen LogP contribution in [0.15, 0.2) is 41.5 Å². The Kier molecular flexibility index (Phi) is 4.31. The lowest BCUT2D eigenvalue weighted by Crippen LogP contribution is -2.24. The third kappa shape index (κ3) is 3.91. The van der Waals surface area contributed by atoms with Crippen molar-refractivity contribution in [1.29, 1.82) is 5.26 Å². The molecule has 0 aliphatic carbocycles. The highest BCUT2D eigenvalue weighted by molar-refractivity contribution is 5.69. The number of esters is 1. The van der Waals surface area contributed by atoms with Gasteiger partial charge in [-0.15, -0.1) is 0 Å². The summed E-state index contributed by atoms with van der Waals surface area (Å²) in [5.41, 5.74) is 6.49. The smallest absolute Gasteiger partial charge is 0.326 e. The highest BCUT2D eigenvalue weighted by Crippen LogP contribution is 2.03. The lowest BCUT2D eigenvalue weighted by molar-refractivity contribution is -0.145. The zero-order chi connectivity index (χ0) is 15.2. The Labute approximate surface area is 120 Å². The Morgan fingerprint density at radius 2 is 2.24 bits per heavy atom. The average molecular weight is 284 g/mol. The van der Waals surface area contributed by atoms with Crippen molar-refractivity contribution in [3.63, 3.8) is 0 Å². The van der Waals surface area contributed by atoms with Gasteiger partial charge in [-0.25, -0.2) is 4.98 Å². The summed E-state index contributed by atoms with van der Waals surface area (Å²) in [4.78, 5) is 27.0. The van der Waals surface area contributed by atoms with Crippen LogP contribution in [0.25, 0.3) is 0 Å². The number of nitrogens with two attached hydrogens (primary N) is 1. The van der Waals surface area contributed by atoms with Gasteiger partial charge < -0.3 is 15.0 Å². The van der Waals surface area contributed by atoms with E-state index in [0.717, 1.165) is 0 Å². The van der Waals surface area contributed by atoms with E-state index in [4.69, 9.17) is 15.7 Å². The number of nitrogen functional groups attached to an aromatic ring is 1. The summed E-state index contributed by atoms with van der Waals surface area (Å²) in [6.45, 7) is -0.215. The summed E-state index contributed by atoms with van der Waals surface area (Å²) in [6.07, 6.45) is 2.84. The number of nitriles is 1. The number of rotatable bonds is 4. The van der Waals surface area contributed by atoms with Crippen LogP contribution in [-0.4, -0.2) is 15.5 Å². The largest absolute Gasteiger partial charge is 0.459 e. The Morgan fingerprint density at radius 3 is 3.00 bits per heavy atom. The third-order valence-electron chi connectivity index (χ3n) is 2.64. The van der Waals surface area contributed by atoms with Crippen LogP contribution in [0.2, 0.25) is 0 Å².